The summed E-state index contributed by atoms with van der Waals surface area (Å²) in [5, 5.41) is 13.0. The van der Waals surface area contributed by atoms with Crippen molar-refractivity contribution in [1.82, 2.24) is 14.5 Å². The minimum Gasteiger partial charge on any atom is -0.456 e. The maximum absolute atomic E-state index is 6.66. The summed E-state index contributed by atoms with van der Waals surface area (Å²) in [6.45, 7) is 0. The fourth-order valence-electron chi connectivity index (χ4n) is 11.1. The van der Waals surface area contributed by atoms with Crippen molar-refractivity contribution >= 4 is 87.0 Å². The van der Waals surface area contributed by atoms with E-state index in [1.54, 1.807) is 0 Å². The van der Waals surface area contributed by atoms with Gasteiger partial charge in [-0.2, -0.15) is 0 Å². The first-order chi connectivity index (χ1) is 32.7. The molecule has 14 aromatic rings. The van der Waals surface area contributed by atoms with Gasteiger partial charge < -0.3 is 4.42 Å². The Balaban J connectivity index is 0.911. The molecule has 0 aliphatic heterocycles. The molecule has 0 radical (unpaired) electrons. The molecule has 0 amide bonds. The summed E-state index contributed by atoms with van der Waals surface area (Å²) < 4.78 is 8.91. The smallest absolute Gasteiger partial charge is 0.235 e. The van der Waals surface area contributed by atoms with E-state index in [-0.39, 0.29) is 0 Å². The van der Waals surface area contributed by atoms with E-state index in [1.165, 1.54) is 71.1 Å². The van der Waals surface area contributed by atoms with E-state index in [1.807, 2.05) is 0 Å². The molecule has 15 rings (SSSR count). The molecule has 304 valence electrons. The molecule has 0 spiro atoms. The summed E-state index contributed by atoms with van der Waals surface area (Å²) in [5.41, 5.74) is 16.5. The van der Waals surface area contributed by atoms with Gasteiger partial charge >= 0.3 is 0 Å². The number of hydrogen-bond donors (Lipinski definition) is 0. The summed E-state index contributed by atoms with van der Waals surface area (Å²) in [6.07, 6.45) is 0. The molecular formula is C62H35N3O. The summed E-state index contributed by atoms with van der Waals surface area (Å²) in [6, 6.07) is 76.7. The lowest BCUT2D eigenvalue weighted by molar-refractivity contribution is 0.669. The fraction of sp³-hybridized carbons (Fsp3) is 0. The first-order valence-electron chi connectivity index (χ1n) is 22.6. The van der Waals surface area contributed by atoms with Crippen LogP contribution in [0.2, 0.25) is 0 Å². The van der Waals surface area contributed by atoms with E-state index in [9.17, 15) is 0 Å². The maximum atomic E-state index is 6.66. The average molecular weight is 838 g/mol. The molecule has 0 unspecified atom stereocenters. The van der Waals surface area contributed by atoms with E-state index < -0.39 is 0 Å². The van der Waals surface area contributed by atoms with Crippen molar-refractivity contribution in [2.75, 3.05) is 0 Å². The molecule has 66 heavy (non-hydrogen) atoms. The molecule has 4 nitrogen and oxygen atoms in total. The first-order valence-corrected chi connectivity index (χ1v) is 22.6. The van der Waals surface area contributed by atoms with Crippen molar-refractivity contribution in [1.29, 1.82) is 0 Å². The van der Waals surface area contributed by atoms with Gasteiger partial charge in [-0.05, 0) is 125 Å². The second-order valence-corrected chi connectivity index (χ2v) is 17.7. The number of para-hydroxylation sites is 1. The minimum absolute atomic E-state index is 0.641. The lowest BCUT2D eigenvalue weighted by atomic mass is 9.96. The van der Waals surface area contributed by atoms with Crippen LogP contribution in [0.5, 0.6) is 0 Å². The van der Waals surface area contributed by atoms with Crippen molar-refractivity contribution in [3.63, 3.8) is 0 Å². The third-order valence-electron chi connectivity index (χ3n) is 14.1. The Labute approximate surface area is 378 Å². The first kappa shape index (κ1) is 35.6. The highest BCUT2D eigenvalue weighted by Crippen LogP contribution is 2.51. The van der Waals surface area contributed by atoms with Gasteiger partial charge in [-0.25, -0.2) is 9.97 Å². The van der Waals surface area contributed by atoms with Crippen LogP contribution in [0.1, 0.15) is 0 Å². The van der Waals surface area contributed by atoms with Crippen LogP contribution >= 0.6 is 0 Å². The predicted octanol–water partition coefficient (Wildman–Crippen LogP) is 16.7. The topological polar surface area (TPSA) is 43.9 Å². The second-order valence-electron chi connectivity index (χ2n) is 17.7. The van der Waals surface area contributed by atoms with E-state index in [0.717, 1.165) is 71.6 Å². The molecule has 0 saturated carbocycles. The van der Waals surface area contributed by atoms with Gasteiger partial charge in [-0.3, -0.25) is 4.57 Å². The Morgan fingerprint density at radius 2 is 0.939 bits per heavy atom. The maximum Gasteiger partial charge on any atom is 0.235 e. The van der Waals surface area contributed by atoms with Gasteiger partial charge in [0.1, 0.15) is 11.2 Å². The molecule has 0 atom stereocenters. The van der Waals surface area contributed by atoms with Crippen LogP contribution in [0.4, 0.5) is 0 Å². The lowest BCUT2D eigenvalue weighted by Gasteiger charge is -2.12. The summed E-state index contributed by atoms with van der Waals surface area (Å²) in [5.74, 6) is 0.641. The second kappa shape index (κ2) is 13.3. The third kappa shape index (κ3) is 5.04. The Morgan fingerprint density at radius 3 is 1.82 bits per heavy atom. The molecule has 1 aliphatic rings. The summed E-state index contributed by atoms with van der Waals surface area (Å²) in [4.78, 5) is 10.8. The zero-order valence-electron chi connectivity index (χ0n) is 35.5. The van der Waals surface area contributed by atoms with Crippen LogP contribution in [0.15, 0.2) is 217 Å². The molecule has 11 aromatic carbocycles. The third-order valence-corrected chi connectivity index (χ3v) is 14.1. The molecule has 0 saturated heterocycles. The predicted molar refractivity (Wildman–Crippen MR) is 274 cm³/mol. The van der Waals surface area contributed by atoms with Crippen molar-refractivity contribution in [2.45, 2.75) is 0 Å². The van der Waals surface area contributed by atoms with Gasteiger partial charge in [-0.1, -0.05) is 164 Å². The summed E-state index contributed by atoms with van der Waals surface area (Å²) >= 11 is 0. The number of benzene rings is 11. The SMILES string of the molecule is c1ccc2c(c1)-c1cccc3c1c-2cc1oc2ccc(-c4ccc5c(c4)c4c6ccccc6ccc4n5-c4nc(-c5ccc(-c6ccc7ccccc7c6)cc5)c5ccccc5n4)cc2c13. The Kier molecular flexibility index (Phi) is 7.19. The monoisotopic (exact) mass is 837 g/mol. The highest BCUT2D eigenvalue weighted by molar-refractivity contribution is 6.28. The molecule has 0 N–H and O–H groups in total. The number of nitrogens with zero attached hydrogens (tertiary/aromatic N) is 3. The molecule has 0 fully saturated rings. The lowest BCUT2D eigenvalue weighted by Crippen LogP contribution is -2.03. The minimum atomic E-state index is 0.641. The van der Waals surface area contributed by atoms with Crippen LogP contribution in [0, 0.1) is 0 Å². The van der Waals surface area contributed by atoms with Crippen molar-refractivity contribution in [2.24, 2.45) is 0 Å². The number of hydrogen-bond acceptors (Lipinski definition) is 3. The van der Waals surface area contributed by atoms with E-state index >= 15 is 0 Å². The van der Waals surface area contributed by atoms with Crippen LogP contribution in [-0.4, -0.2) is 14.5 Å². The van der Waals surface area contributed by atoms with Crippen molar-refractivity contribution in [3.8, 4) is 61.7 Å². The van der Waals surface area contributed by atoms with Gasteiger partial charge in [0.05, 0.1) is 22.2 Å². The van der Waals surface area contributed by atoms with Crippen LogP contribution in [0.25, 0.3) is 149 Å². The number of furan rings is 1. The van der Waals surface area contributed by atoms with Gasteiger partial charge in [0.25, 0.3) is 0 Å². The van der Waals surface area contributed by atoms with Crippen LogP contribution in [-0.2, 0) is 0 Å². The highest BCUT2D eigenvalue weighted by atomic mass is 16.3. The molecule has 4 heteroatoms. The molecule has 3 aromatic heterocycles. The Hall–Kier alpha value is -8.86. The van der Waals surface area contributed by atoms with E-state index in [0.29, 0.717) is 5.95 Å². The number of rotatable bonds is 4. The van der Waals surface area contributed by atoms with Gasteiger partial charge in [0, 0.05) is 32.5 Å². The van der Waals surface area contributed by atoms with Gasteiger partial charge in [0.15, 0.2) is 0 Å². The van der Waals surface area contributed by atoms with Crippen LogP contribution in [0.3, 0.4) is 0 Å². The Morgan fingerprint density at radius 1 is 0.318 bits per heavy atom. The largest absolute Gasteiger partial charge is 0.456 e. The average Bonchev–Trinajstić information content (AvgIpc) is 4.04. The van der Waals surface area contributed by atoms with Gasteiger partial charge in [-0.15, -0.1) is 0 Å². The standard InChI is InChI=1S/C62H35N3O/c1-2-12-40-32-41(25-22-36(40)10-1)37-20-23-39(24-21-37)61-48-16-7-8-19-53(48)63-62(64-61)65-54-29-27-42(33-51(54)59-44-13-4-3-11-38(44)26-30-55(59)65)43-28-31-56-52(34-43)60-49-18-9-17-47-45-14-5-6-15-46(45)50(58(47)49)35-57(60)66-56/h1-35H. The van der Waals surface area contributed by atoms with Crippen molar-refractivity contribution < 1.29 is 4.42 Å². The Bertz CT molecular complexity index is 4400. The quantitative estimate of drug-likeness (QED) is 0.177. The number of aromatic nitrogens is 3. The normalized spacial score (nSPS) is 12.2. The van der Waals surface area contributed by atoms with Crippen LogP contribution < -0.4 is 0 Å². The molecule has 0 bridgehead atoms. The molecular weight excluding hydrogens is 803 g/mol. The highest BCUT2D eigenvalue weighted by Gasteiger charge is 2.25. The van der Waals surface area contributed by atoms with E-state index in [2.05, 4.69) is 217 Å². The van der Waals surface area contributed by atoms with Crippen molar-refractivity contribution in [3.05, 3.63) is 212 Å². The molecule has 1 aliphatic carbocycles. The zero-order chi connectivity index (χ0) is 43.0. The zero-order valence-corrected chi connectivity index (χ0v) is 35.5. The van der Waals surface area contributed by atoms with Gasteiger partial charge in [0.2, 0.25) is 5.95 Å². The fourth-order valence-corrected chi connectivity index (χ4v) is 11.1. The molecule has 3 heterocycles. The van der Waals surface area contributed by atoms with E-state index in [4.69, 9.17) is 14.4 Å². The number of fused-ring (bicyclic) bond motifs is 14. The summed E-state index contributed by atoms with van der Waals surface area (Å²) in [7, 11) is 0.